The van der Waals surface area contributed by atoms with Gasteiger partial charge in [-0.2, -0.15) is 0 Å². The van der Waals surface area contributed by atoms with Crippen LogP contribution in [0.3, 0.4) is 0 Å². The molecular weight excluding hydrogens is 402 g/mol. The van der Waals surface area contributed by atoms with Crippen LogP contribution in [-0.4, -0.2) is 32.4 Å². The van der Waals surface area contributed by atoms with Crippen molar-refractivity contribution in [2.24, 2.45) is 0 Å². The number of fused-ring (bicyclic) bond motifs is 2. The van der Waals surface area contributed by atoms with Crippen molar-refractivity contribution in [3.8, 4) is 0 Å². The molecule has 5 aromatic rings. The Hall–Kier alpha value is -4.26. The first-order valence-corrected chi connectivity index (χ1v) is 10.4. The second-order valence-corrected chi connectivity index (χ2v) is 7.63. The molecule has 158 valence electrons. The average Bonchev–Trinajstić information content (AvgIpc) is 3.24. The zero-order valence-corrected chi connectivity index (χ0v) is 17.3. The van der Waals surface area contributed by atoms with Crippen molar-refractivity contribution in [1.82, 2.24) is 25.3 Å². The van der Waals surface area contributed by atoms with Gasteiger partial charge < -0.3 is 10.3 Å². The number of carbonyl (C=O) groups excluding carboxylic acids is 1. The lowest BCUT2D eigenvalue weighted by Crippen LogP contribution is -2.26. The van der Waals surface area contributed by atoms with E-state index >= 15 is 0 Å². The van der Waals surface area contributed by atoms with Crippen LogP contribution in [0.5, 0.6) is 0 Å². The summed E-state index contributed by atoms with van der Waals surface area (Å²) in [5, 5.41) is 12.8. The number of rotatable bonds is 6. The highest BCUT2D eigenvalue weighted by molar-refractivity contribution is 5.94. The Morgan fingerprint density at radius 2 is 1.69 bits per heavy atom. The number of hydrogen-bond donors (Lipinski definition) is 2. The number of carbonyl (C=O) groups is 1. The highest BCUT2D eigenvalue weighted by Gasteiger charge is 2.09. The lowest BCUT2D eigenvalue weighted by atomic mass is 10.1. The molecule has 0 saturated carbocycles. The monoisotopic (exact) mass is 423 g/mol. The summed E-state index contributed by atoms with van der Waals surface area (Å²) in [7, 11) is 0. The molecule has 0 spiro atoms. The number of benzene rings is 3. The fourth-order valence-electron chi connectivity index (χ4n) is 3.81. The Kier molecular flexibility index (Phi) is 5.21. The molecule has 0 aliphatic carbocycles. The van der Waals surface area contributed by atoms with Gasteiger partial charge in [-0.3, -0.25) is 9.59 Å². The van der Waals surface area contributed by atoms with E-state index in [1.807, 2.05) is 48.7 Å². The lowest BCUT2D eigenvalue weighted by Gasteiger charge is -2.07. The molecule has 7 nitrogen and oxygen atoms in total. The molecule has 0 aliphatic heterocycles. The van der Waals surface area contributed by atoms with E-state index in [0.717, 1.165) is 17.5 Å². The van der Waals surface area contributed by atoms with Crippen LogP contribution >= 0.6 is 0 Å². The van der Waals surface area contributed by atoms with E-state index in [1.54, 1.807) is 24.3 Å². The minimum absolute atomic E-state index is 0.126. The van der Waals surface area contributed by atoms with E-state index in [1.165, 1.54) is 15.6 Å². The van der Waals surface area contributed by atoms with Gasteiger partial charge >= 0.3 is 0 Å². The molecule has 3 aromatic carbocycles. The van der Waals surface area contributed by atoms with Crippen molar-refractivity contribution in [3.63, 3.8) is 0 Å². The van der Waals surface area contributed by atoms with Crippen molar-refractivity contribution in [1.29, 1.82) is 0 Å². The van der Waals surface area contributed by atoms with Gasteiger partial charge in [0.05, 0.1) is 11.9 Å². The first-order valence-electron chi connectivity index (χ1n) is 10.4. The van der Waals surface area contributed by atoms with E-state index in [9.17, 15) is 9.59 Å². The average molecular weight is 423 g/mol. The number of amides is 1. The van der Waals surface area contributed by atoms with Crippen LogP contribution in [0, 0.1) is 0 Å². The molecule has 0 atom stereocenters. The van der Waals surface area contributed by atoms with Gasteiger partial charge in [-0.15, -0.1) is 5.10 Å². The Morgan fingerprint density at radius 3 is 2.53 bits per heavy atom. The van der Waals surface area contributed by atoms with Gasteiger partial charge in [0.15, 0.2) is 0 Å². The van der Waals surface area contributed by atoms with E-state index in [0.29, 0.717) is 29.6 Å². The van der Waals surface area contributed by atoms with Crippen LogP contribution in [-0.2, 0) is 13.0 Å². The number of nitrogens with zero attached hydrogens (tertiary/aromatic N) is 3. The summed E-state index contributed by atoms with van der Waals surface area (Å²) in [6.45, 7) is 0.837. The molecule has 0 bridgehead atoms. The van der Waals surface area contributed by atoms with Gasteiger partial charge in [0.2, 0.25) is 0 Å². The number of aromatic nitrogens is 4. The Bertz CT molecular complexity index is 1470. The first kappa shape index (κ1) is 19.7. The number of H-pyrrole nitrogens is 1. The van der Waals surface area contributed by atoms with Gasteiger partial charge in [-0.1, -0.05) is 47.7 Å². The molecule has 2 heterocycles. The topological polar surface area (TPSA) is 92.7 Å². The van der Waals surface area contributed by atoms with Gasteiger partial charge in [0.1, 0.15) is 5.52 Å². The maximum atomic E-state index is 12.6. The number of aromatic amines is 1. The standard InChI is InChI=1S/C25H21N5O2/c31-24(26-14-13-19-15-27-22-7-3-1-5-20(19)22)18-11-9-17(10-12-18)16-30-25(32)21-6-2-4-8-23(21)28-29-30/h1-12,15,27H,13-14,16H2,(H,26,31). The largest absolute Gasteiger partial charge is 0.361 e. The fourth-order valence-corrected chi connectivity index (χ4v) is 3.81. The molecule has 5 rings (SSSR count). The predicted molar refractivity (Wildman–Crippen MR) is 124 cm³/mol. The summed E-state index contributed by atoms with van der Waals surface area (Å²) in [5.74, 6) is -0.126. The van der Waals surface area contributed by atoms with Crippen LogP contribution < -0.4 is 10.9 Å². The minimum atomic E-state index is -0.185. The van der Waals surface area contributed by atoms with Crippen LogP contribution in [0.15, 0.2) is 83.8 Å². The number of para-hydroxylation sites is 1. The van der Waals surface area contributed by atoms with Crippen LogP contribution in [0.4, 0.5) is 0 Å². The zero-order chi connectivity index (χ0) is 21.9. The maximum Gasteiger partial charge on any atom is 0.277 e. The minimum Gasteiger partial charge on any atom is -0.361 e. The second-order valence-electron chi connectivity index (χ2n) is 7.63. The summed E-state index contributed by atoms with van der Waals surface area (Å²) in [4.78, 5) is 28.4. The van der Waals surface area contributed by atoms with E-state index in [-0.39, 0.29) is 11.5 Å². The molecule has 0 aliphatic rings. The SMILES string of the molecule is O=C(NCCc1c[nH]c2ccccc12)c1ccc(Cn2nnc3ccccc3c2=O)cc1. The Labute approximate surface area is 183 Å². The van der Waals surface area contributed by atoms with Crippen molar-refractivity contribution < 1.29 is 4.79 Å². The van der Waals surface area contributed by atoms with E-state index in [4.69, 9.17) is 0 Å². The molecule has 0 fully saturated rings. The summed E-state index contributed by atoms with van der Waals surface area (Å²) < 4.78 is 1.33. The van der Waals surface area contributed by atoms with Crippen molar-refractivity contribution in [2.45, 2.75) is 13.0 Å². The molecule has 0 unspecified atom stereocenters. The third kappa shape index (κ3) is 3.88. The highest BCUT2D eigenvalue weighted by Crippen LogP contribution is 2.17. The van der Waals surface area contributed by atoms with Crippen LogP contribution in [0.1, 0.15) is 21.5 Å². The zero-order valence-electron chi connectivity index (χ0n) is 17.3. The Balaban J connectivity index is 1.22. The first-order chi connectivity index (χ1) is 15.7. The molecule has 0 saturated heterocycles. The molecule has 32 heavy (non-hydrogen) atoms. The van der Waals surface area contributed by atoms with Gasteiger partial charge in [-0.25, -0.2) is 4.68 Å². The van der Waals surface area contributed by atoms with E-state index in [2.05, 4.69) is 26.7 Å². The third-order valence-corrected chi connectivity index (χ3v) is 5.53. The lowest BCUT2D eigenvalue weighted by molar-refractivity contribution is 0.0954. The van der Waals surface area contributed by atoms with Gasteiger partial charge in [0.25, 0.3) is 11.5 Å². The molecule has 1 amide bonds. The summed E-state index contributed by atoms with van der Waals surface area (Å²) in [6.07, 6.45) is 2.74. The van der Waals surface area contributed by atoms with Gasteiger partial charge in [-0.05, 0) is 47.9 Å². The van der Waals surface area contributed by atoms with Crippen LogP contribution in [0.2, 0.25) is 0 Å². The normalized spacial score (nSPS) is 11.1. The molecule has 7 heteroatoms. The molecule has 0 radical (unpaired) electrons. The smallest absolute Gasteiger partial charge is 0.277 e. The highest BCUT2D eigenvalue weighted by atomic mass is 16.1. The number of hydrogen-bond acceptors (Lipinski definition) is 4. The van der Waals surface area contributed by atoms with Crippen LogP contribution in [0.25, 0.3) is 21.8 Å². The van der Waals surface area contributed by atoms with Gasteiger partial charge in [0, 0.05) is 29.2 Å². The maximum absolute atomic E-state index is 12.6. The number of nitrogens with one attached hydrogen (secondary N) is 2. The Morgan fingerprint density at radius 1 is 0.938 bits per heavy atom. The molecule has 2 aromatic heterocycles. The second kappa shape index (κ2) is 8.47. The van der Waals surface area contributed by atoms with Crippen molar-refractivity contribution in [2.75, 3.05) is 6.54 Å². The molecule has 2 N–H and O–H groups in total. The summed E-state index contributed by atoms with van der Waals surface area (Å²) in [5.41, 5.74) is 4.11. The predicted octanol–water partition coefficient (Wildman–Crippen LogP) is 3.29. The quantitative estimate of drug-likeness (QED) is 0.438. The fraction of sp³-hybridized carbons (Fsp3) is 0.120. The molecular formula is C25H21N5O2. The van der Waals surface area contributed by atoms with Crippen molar-refractivity contribution >= 4 is 27.7 Å². The van der Waals surface area contributed by atoms with Crippen molar-refractivity contribution in [3.05, 3.63) is 106 Å². The third-order valence-electron chi connectivity index (χ3n) is 5.53. The van der Waals surface area contributed by atoms with E-state index < -0.39 is 0 Å². The summed E-state index contributed by atoms with van der Waals surface area (Å²) >= 11 is 0. The summed E-state index contributed by atoms with van der Waals surface area (Å²) in [6, 6.07) is 22.4.